The molecule has 0 aromatic heterocycles. The van der Waals surface area contributed by atoms with Crippen LogP contribution in [-0.2, 0) is 23.1 Å². The Hall–Kier alpha value is -1.02. The number of esters is 1. The number of carbonyl (C=O) groups is 1. The van der Waals surface area contributed by atoms with Gasteiger partial charge in [-0.2, -0.15) is 0 Å². The first-order valence-electron chi connectivity index (χ1n) is 13.6. The number of quaternary nitrogens is 1. The number of hydrogen-bond acceptors (Lipinski definition) is 6. The monoisotopic (exact) mass is 534 g/mol. The number of likely N-dealkylation sites (N-methyl/N-ethyl adjacent to an activating group) is 1. The quantitative estimate of drug-likeness (QED) is 0.0520. The summed E-state index contributed by atoms with van der Waals surface area (Å²) in [6.45, 7) is 2.09. The summed E-state index contributed by atoms with van der Waals surface area (Å²) in [4.78, 5) is 21.4. The van der Waals surface area contributed by atoms with Gasteiger partial charge in [0.1, 0.15) is 25.9 Å². The Morgan fingerprint density at radius 3 is 2.06 bits per heavy atom. The van der Waals surface area contributed by atoms with Crippen LogP contribution in [0.5, 0.6) is 0 Å². The molecular formula is C27H53NO7P+. The maximum atomic E-state index is 11.8. The minimum absolute atomic E-state index is 0.0516. The van der Waals surface area contributed by atoms with Crippen molar-refractivity contribution >= 4 is 13.8 Å². The number of allylic oxidation sites excluding steroid dienone is 4. The van der Waals surface area contributed by atoms with Crippen LogP contribution in [-0.4, -0.2) is 74.1 Å². The molecule has 0 aromatic rings. The second-order valence-electron chi connectivity index (χ2n) is 10.3. The van der Waals surface area contributed by atoms with Crippen LogP contribution in [0, 0.1) is 0 Å². The molecule has 0 bridgehead atoms. The van der Waals surface area contributed by atoms with Gasteiger partial charge in [0.05, 0.1) is 27.7 Å². The van der Waals surface area contributed by atoms with Gasteiger partial charge in [-0.1, -0.05) is 69.8 Å². The smallest absolute Gasteiger partial charge is 0.463 e. The van der Waals surface area contributed by atoms with Crippen LogP contribution >= 0.6 is 7.82 Å². The molecule has 0 spiro atoms. The van der Waals surface area contributed by atoms with Crippen LogP contribution in [0.3, 0.4) is 0 Å². The topological polar surface area (TPSA) is 102 Å². The van der Waals surface area contributed by atoms with Crippen molar-refractivity contribution in [2.45, 2.75) is 96.5 Å². The summed E-state index contributed by atoms with van der Waals surface area (Å²) < 4.78 is 27.0. The van der Waals surface area contributed by atoms with Gasteiger partial charge in [0.25, 0.3) is 0 Å². The van der Waals surface area contributed by atoms with E-state index in [0.717, 1.165) is 44.9 Å². The zero-order valence-corrected chi connectivity index (χ0v) is 24.1. The Bertz CT molecular complexity index is 647. The molecule has 0 aromatic carbocycles. The minimum Gasteiger partial charge on any atom is -0.463 e. The lowest BCUT2D eigenvalue weighted by molar-refractivity contribution is -0.870. The average Bonchev–Trinajstić information content (AvgIpc) is 2.80. The number of hydrogen-bond donors (Lipinski definition) is 2. The van der Waals surface area contributed by atoms with Gasteiger partial charge in [0.15, 0.2) is 0 Å². The maximum Gasteiger partial charge on any atom is 0.472 e. The van der Waals surface area contributed by atoms with Crippen molar-refractivity contribution < 1.29 is 37.6 Å². The van der Waals surface area contributed by atoms with Crippen molar-refractivity contribution in [1.29, 1.82) is 0 Å². The van der Waals surface area contributed by atoms with Gasteiger partial charge < -0.3 is 19.2 Å². The lowest BCUT2D eigenvalue weighted by Crippen LogP contribution is -2.37. The number of aliphatic hydroxyl groups excluding tert-OH is 1. The molecule has 0 amide bonds. The summed E-state index contributed by atoms with van der Waals surface area (Å²) in [5, 5.41) is 9.83. The van der Waals surface area contributed by atoms with Crippen LogP contribution < -0.4 is 0 Å². The molecule has 0 fully saturated rings. The number of phosphoric acid groups is 1. The van der Waals surface area contributed by atoms with E-state index in [1.165, 1.54) is 32.1 Å². The lowest BCUT2D eigenvalue weighted by Gasteiger charge is -2.24. The Kier molecular flexibility index (Phi) is 21.4. The Morgan fingerprint density at radius 2 is 1.44 bits per heavy atom. The maximum absolute atomic E-state index is 11.8. The van der Waals surface area contributed by atoms with E-state index in [2.05, 4.69) is 31.2 Å². The molecule has 9 heteroatoms. The number of rotatable bonds is 24. The van der Waals surface area contributed by atoms with Crippen LogP contribution in [0.25, 0.3) is 0 Å². The minimum atomic E-state index is -4.24. The SMILES string of the molecule is CCCCCC/C=C\C/C=C\CCCCCCCC(=O)OC[C@@H](O)COP(=O)(O)OCC[N+](C)(C)C. The number of phosphoric ester groups is 1. The van der Waals surface area contributed by atoms with E-state index in [-0.39, 0.29) is 19.2 Å². The third-order valence-electron chi connectivity index (χ3n) is 5.46. The molecule has 0 saturated heterocycles. The molecule has 8 nitrogen and oxygen atoms in total. The highest BCUT2D eigenvalue weighted by atomic mass is 31.2. The zero-order valence-electron chi connectivity index (χ0n) is 23.2. The molecule has 2 N–H and O–H groups in total. The fourth-order valence-corrected chi connectivity index (χ4v) is 3.96. The third-order valence-corrected chi connectivity index (χ3v) is 6.45. The first-order valence-corrected chi connectivity index (χ1v) is 15.1. The highest BCUT2D eigenvalue weighted by Crippen LogP contribution is 2.43. The van der Waals surface area contributed by atoms with Gasteiger partial charge >= 0.3 is 13.8 Å². The molecule has 0 heterocycles. The molecule has 0 rings (SSSR count). The van der Waals surface area contributed by atoms with Crippen molar-refractivity contribution in [1.82, 2.24) is 0 Å². The Balaban J connectivity index is 3.62. The van der Waals surface area contributed by atoms with Crippen molar-refractivity contribution in [3.63, 3.8) is 0 Å². The fourth-order valence-electron chi connectivity index (χ4n) is 3.21. The predicted molar refractivity (Wildman–Crippen MR) is 146 cm³/mol. The first-order chi connectivity index (χ1) is 17.1. The van der Waals surface area contributed by atoms with E-state index in [0.29, 0.717) is 17.4 Å². The molecule has 0 aliphatic carbocycles. The van der Waals surface area contributed by atoms with Gasteiger partial charge in [0.2, 0.25) is 0 Å². The highest BCUT2D eigenvalue weighted by Gasteiger charge is 2.24. The molecule has 0 aliphatic rings. The van der Waals surface area contributed by atoms with Crippen molar-refractivity contribution in [3.05, 3.63) is 24.3 Å². The lowest BCUT2D eigenvalue weighted by atomic mass is 10.1. The van der Waals surface area contributed by atoms with Crippen molar-refractivity contribution in [2.24, 2.45) is 0 Å². The standard InChI is InChI=1S/C27H52NO7P/c1-5-6-7-8-9-10-11-12-13-14-15-16-17-18-19-20-21-27(30)33-24-26(29)25-35-36(31,32)34-23-22-28(2,3)4/h10-11,13-14,26,29H,5-9,12,15-25H2,1-4H3/p+1/b11-10-,14-13-/t26-/m1/s1. The van der Waals surface area contributed by atoms with Crippen LogP contribution in [0.15, 0.2) is 24.3 Å². The second kappa shape index (κ2) is 22.0. The number of ether oxygens (including phenoxy) is 1. The molecular weight excluding hydrogens is 481 g/mol. The van der Waals surface area contributed by atoms with Crippen LogP contribution in [0.4, 0.5) is 0 Å². The molecule has 2 atom stereocenters. The molecule has 36 heavy (non-hydrogen) atoms. The van der Waals surface area contributed by atoms with Gasteiger partial charge in [-0.15, -0.1) is 0 Å². The Morgan fingerprint density at radius 1 is 0.861 bits per heavy atom. The number of nitrogens with zero attached hydrogens (tertiary/aromatic N) is 1. The summed E-state index contributed by atoms with van der Waals surface area (Å²) in [5.74, 6) is -0.387. The van der Waals surface area contributed by atoms with E-state index in [1.807, 2.05) is 21.1 Å². The molecule has 0 radical (unpaired) electrons. The normalized spacial score (nSPS) is 14.9. The van der Waals surface area contributed by atoms with Gasteiger partial charge in [-0.3, -0.25) is 13.8 Å². The average molecular weight is 535 g/mol. The fraction of sp³-hybridized carbons (Fsp3) is 0.815. The van der Waals surface area contributed by atoms with E-state index in [9.17, 15) is 19.4 Å². The van der Waals surface area contributed by atoms with E-state index >= 15 is 0 Å². The third kappa shape index (κ3) is 26.1. The van der Waals surface area contributed by atoms with Crippen LogP contribution in [0.2, 0.25) is 0 Å². The first kappa shape index (κ1) is 35.0. The highest BCUT2D eigenvalue weighted by molar-refractivity contribution is 7.47. The van der Waals surface area contributed by atoms with Gasteiger partial charge in [0, 0.05) is 6.42 Å². The summed E-state index contributed by atoms with van der Waals surface area (Å²) in [7, 11) is 1.55. The van der Waals surface area contributed by atoms with Crippen molar-refractivity contribution in [3.8, 4) is 0 Å². The summed E-state index contributed by atoms with van der Waals surface area (Å²) in [6.07, 6.45) is 21.8. The predicted octanol–water partition coefficient (Wildman–Crippen LogP) is 5.93. The van der Waals surface area contributed by atoms with E-state index in [4.69, 9.17) is 13.8 Å². The molecule has 0 aliphatic heterocycles. The second-order valence-corrected chi connectivity index (χ2v) is 11.7. The number of carbonyl (C=O) groups excluding carboxylic acids is 1. The summed E-state index contributed by atoms with van der Waals surface area (Å²) in [6, 6.07) is 0. The molecule has 212 valence electrons. The number of unbranched alkanes of at least 4 members (excludes halogenated alkanes) is 9. The van der Waals surface area contributed by atoms with E-state index in [1.54, 1.807) is 0 Å². The van der Waals surface area contributed by atoms with Crippen LogP contribution in [0.1, 0.15) is 90.4 Å². The number of aliphatic hydroxyl groups is 1. The Labute approximate surface area is 219 Å². The van der Waals surface area contributed by atoms with Gasteiger partial charge in [-0.05, 0) is 38.5 Å². The largest absolute Gasteiger partial charge is 0.472 e. The summed E-state index contributed by atoms with van der Waals surface area (Å²) in [5.41, 5.74) is 0. The summed E-state index contributed by atoms with van der Waals surface area (Å²) >= 11 is 0. The molecule has 0 saturated carbocycles. The van der Waals surface area contributed by atoms with Crippen molar-refractivity contribution in [2.75, 3.05) is 47.5 Å². The molecule has 1 unspecified atom stereocenters. The van der Waals surface area contributed by atoms with E-state index < -0.39 is 20.5 Å². The van der Waals surface area contributed by atoms with Gasteiger partial charge in [-0.25, -0.2) is 4.57 Å². The zero-order chi connectivity index (χ0) is 27.1.